The number of ether oxygens (including phenoxy) is 1. The first-order chi connectivity index (χ1) is 17.8. The summed E-state index contributed by atoms with van der Waals surface area (Å²) in [6.07, 6.45) is 1.72. The van der Waals surface area contributed by atoms with Crippen molar-refractivity contribution in [3.8, 4) is 17.2 Å². The molecular formula is C29H30FNO5S. The summed E-state index contributed by atoms with van der Waals surface area (Å²) in [5, 5.41) is 20.2. The average molecular weight is 524 g/mol. The van der Waals surface area contributed by atoms with Gasteiger partial charge in [0, 0.05) is 25.2 Å². The van der Waals surface area contributed by atoms with Crippen LogP contribution in [-0.4, -0.2) is 61.7 Å². The normalized spacial score (nSPS) is 19.4. The lowest BCUT2D eigenvalue weighted by atomic mass is 9.88. The molecule has 0 unspecified atom stereocenters. The number of likely N-dealkylation sites (tertiary alicyclic amines) is 1. The molecule has 0 amide bonds. The zero-order valence-corrected chi connectivity index (χ0v) is 21.3. The summed E-state index contributed by atoms with van der Waals surface area (Å²) in [6.45, 7) is 2.08. The predicted octanol–water partition coefficient (Wildman–Crippen LogP) is 5.05. The van der Waals surface area contributed by atoms with E-state index in [4.69, 9.17) is 4.74 Å². The molecule has 0 aromatic heterocycles. The van der Waals surface area contributed by atoms with Crippen LogP contribution in [0.3, 0.4) is 0 Å². The highest BCUT2D eigenvalue weighted by Gasteiger charge is 2.29. The van der Waals surface area contributed by atoms with Crippen molar-refractivity contribution in [1.82, 2.24) is 4.90 Å². The van der Waals surface area contributed by atoms with Crippen LogP contribution >= 0.6 is 0 Å². The number of nitrogens with zero attached hydrogens (tertiary/aromatic N) is 1. The van der Waals surface area contributed by atoms with E-state index in [1.807, 2.05) is 30.3 Å². The van der Waals surface area contributed by atoms with Gasteiger partial charge in [0.15, 0.2) is 9.84 Å². The maximum Gasteiger partial charge on any atom is 0.179 e. The number of fused-ring (bicyclic) bond motifs is 1. The van der Waals surface area contributed by atoms with Crippen LogP contribution in [0, 0.1) is 0 Å². The molecule has 37 heavy (non-hydrogen) atoms. The molecule has 1 saturated heterocycles. The molecule has 1 atom stereocenters. The average Bonchev–Trinajstić information content (AvgIpc) is 3.29. The number of sulfone groups is 1. The summed E-state index contributed by atoms with van der Waals surface area (Å²) in [5.74, 6) is 0.596. The molecule has 3 aromatic rings. The van der Waals surface area contributed by atoms with E-state index in [1.54, 1.807) is 24.3 Å². The minimum atomic E-state index is -3.65. The van der Waals surface area contributed by atoms with E-state index >= 15 is 0 Å². The van der Waals surface area contributed by atoms with Crippen LogP contribution in [0.5, 0.6) is 17.2 Å². The van der Waals surface area contributed by atoms with Gasteiger partial charge < -0.3 is 14.9 Å². The van der Waals surface area contributed by atoms with Crippen LogP contribution in [0.2, 0.25) is 0 Å². The van der Waals surface area contributed by atoms with Gasteiger partial charge in [-0.05, 0) is 84.0 Å². The molecule has 8 heteroatoms. The highest BCUT2D eigenvalue weighted by molar-refractivity contribution is 7.91. The lowest BCUT2D eigenvalue weighted by Crippen LogP contribution is -2.26. The predicted molar refractivity (Wildman–Crippen MR) is 141 cm³/mol. The summed E-state index contributed by atoms with van der Waals surface area (Å²) in [7, 11) is -3.65. The van der Waals surface area contributed by atoms with Crippen LogP contribution in [0.25, 0.3) is 11.1 Å². The van der Waals surface area contributed by atoms with Gasteiger partial charge in [0.2, 0.25) is 0 Å². The van der Waals surface area contributed by atoms with Crippen LogP contribution in [0.1, 0.15) is 36.0 Å². The van der Waals surface area contributed by atoms with Gasteiger partial charge in [0.05, 0.1) is 17.3 Å². The Hall–Kier alpha value is -3.36. The molecule has 2 N–H and O–H groups in total. The largest absolute Gasteiger partial charge is 0.508 e. The standard InChI is InChI=1S/C29H30FNO5S/c30-13-2-14-31-15-11-25(19-31)36-24-8-5-20(6-9-24)29-26(21-3-1-4-22(32)17-21)12-16-37(34,35)28-18-23(33)7-10-27(28)29/h1,3-10,17-18,25,32-33H,2,11-16,19H2/t25-/m0/s1. The van der Waals surface area contributed by atoms with Crippen LogP contribution < -0.4 is 4.74 Å². The summed E-state index contributed by atoms with van der Waals surface area (Å²) in [4.78, 5) is 2.31. The third kappa shape index (κ3) is 5.50. The fraction of sp³-hybridized carbons (Fsp3) is 0.310. The molecule has 2 heterocycles. The molecular weight excluding hydrogens is 493 g/mol. The van der Waals surface area contributed by atoms with Gasteiger partial charge in [-0.2, -0.15) is 0 Å². The Morgan fingerprint density at radius 3 is 2.51 bits per heavy atom. The second kappa shape index (κ2) is 10.6. The highest BCUT2D eigenvalue weighted by Crippen LogP contribution is 2.42. The van der Waals surface area contributed by atoms with Gasteiger partial charge in [0.1, 0.15) is 23.4 Å². The van der Waals surface area contributed by atoms with Crippen molar-refractivity contribution in [1.29, 1.82) is 0 Å². The lowest BCUT2D eigenvalue weighted by Gasteiger charge is -2.18. The van der Waals surface area contributed by atoms with E-state index < -0.39 is 9.84 Å². The minimum absolute atomic E-state index is 0.0410. The van der Waals surface area contributed by atoms with Crippen LogP contribution in [0.15, 0.2) is 71.6 Å². The first kappa shape index (κ1) is 25.3. The number of hydrogen-bond donors (Lipinski definition) is 2. The maximum atomic E-state index is 13.2. The summed E-state index contributed by atoms with van der Waals surface area (Å²) >= 11 is 0. The maximum absolute atomic E-state index is 13.2. The molecule has 6 nitrogen and oxygen atoms in total. The van der Waals surface area contributed by atoms with Gasteiger partial charge in [-0.1, -0.05) is 24.3 Å². The Balaban J connectivity index is 1.53. The van der Waals surface area contributed by atoms with Gasteiger partial charge in [-0.25, -0.2) is 8.42 Å². The highest BCUT2D eigenvalue weighted by atomic mass is 32.2. The molecule has 194 valence electrons. The zero-order chi connectivity index (χ0) is 26.0. The number of phenolic OH excluding ortho intramolecular Hbond substituents is 2. The number of alkyl halides is 1. The van der Waals surface area contributed by atoms with Gasteiger partial charge >= 0.3 is 0 Å². The van der Waals surface area contributed by atoms with Crippen molar-refractivity contribution < 1.29 is 27.8 Å². The second-order valence-corrected chi connectivity index (χ2v) is 11.6. The number of aromatic hydroxyl groups is 2. The lowest BCUT2D eigenvalue weighted by molar-refractivity contribution is 0.198. The van der Waals surface area contributed by atoms with E-state index in [9.17, 15) is 23.0 Å². The van der Waals surface area contributed by atoms with E-state index in [2.05, 4.69) is 4.90 Å². The van der Waals surface area contributed by atoms with E-state index in [1.165, 1.54) is 12.1 Å². The van der Waals surface area contributed by atoms with Crippen molar-refractivity contribution >= 4 is 21.0 Å². The molecule has 2 aliphatic heterocycles. The molecule has 0 saturated carbocycles. The number of phenols is 2. The van der Waals surface area contributed by atoms with Crippen molar-refractivity contribution in [3.63, 3.8) is 0 Å². The SMILES string of the molecule is O=S1(=O)CCC(c2cccc(O)c2)=C(c2ccc(O[C@H]3CCN(CCCF)C3)cc2)c2ccc(O)cc21. The topological polar surface area (TPSA) is 87.1 Å². The number of rotatable bonds is 7. The Morgan fingerprint density at radius 2 is 1.76 bits per heavy atom. The van der Waals surface area contributed by atoms with E-state index in [-0.39, 0.29) is 41.3 Å². The van der Waals surface area contributed by atoms with Gasteiger partial charge in [0.25, 0.3) is 0 Å². The summed E-state index contributed by atoms with van der Waals surface area (Å²) in [5.41, 5.74) is 3.61. The van der Waals surface area contributed by atoms with Gasteiger partial charge in [-0.15, -0.1) is 0 Å². The van der Waals surface area contributed by atoms with Crippen molar-refractivity contribution in [2.24, 2.45) is 0 Å². The summed E-state index contributed by atoms with van der Waals surface area (Å²) in [6, 6.07) is 18.8. The number of hydrogen-bond acceptors (Lipinski definition) is 6. The number of halogens is 1. The number of benzene rings is 3. The molecule has 0 bridgehead atoms. The minimum Gasteiger partial charge on any atom is -0.508 e. The fourth-order valence-electron chi connectivity index (χ4n) is 5.19. The monoisotopic (exact) mass is 523 g/mol. The van der Waals surface area contributed by atoms with Crippen LogP contribution in [-0.2, 0) is 9.84 Å². The van der Waals surface area contributed by atoms with Crippen molar-refractivity contribution in [2.45, 2.75) is 30.3 Å². The second-order valence-electron chi connectivity index (χ2n) is 9.55. The molecule has 5 rings (SSSR count). The third-order valence-electron chi connectivity index (χ3n) is 6.97. The van der Waals surface area contributed by atoms with Crippen molar-refractivity contribution in [2.75, 3.05) is 32.1 Å². The van der Waals surface area contributed by atoms with Crippen LogP contribution in [0.4, 0.5) is 4.39 Å². The number of allylic oxidation sites excluding steroid dienone is 1. The Labute approximate surface area is 216 Å². The molecule has 0 radical (unpaired) electrons. The zero-order valence-electron chi connectivity index (χ0n) is 20.4. The Kier molecular flexibility index (Phi) is 7.22. The first-order valence-corrected chi connectivity index (χ1v) is 14.1. The van der Waals surface area contributed by atoms with Crippen molar-refractivity contribution in [3.05, 3.63) is 83.4 Å². The molecule has 1 fully saturated rings. The summed E-state index contributed by atoms with van der Waals surface area (Å²) < 4.78 is 45.0. The third-order valence-corrected chi connectivity index (χ3v) is 8.72. The Bertz CT molecular complexity index is 1420. The Morgan fingerprint density at radius 1 is 0.973 bits per heavy atom. The van der Waals surface area contributed by atoms with E-state index in [0.29, 0.717) is 17.7 Å². The molecule has 2 aliphatic rings. The molecule has 3 aromatic carbocycles. The van der Waals surface area contributed by atoms with Gasteiger partial charge in [-0.3, -0.25) is 9.29 Å². The molecule has 0 aliphatic carbocycles. The molecule has 0 spiro atoms. The first-order valence-electron chi connectivity index (χ1n) is 12.5. The quantitative estimate of drug-likeness (QED) is 0.451. The fourth-order valence-corrected chi connectivity index (χ4v) is 6.69. The smallest absolute Gasteiger partial charge is 0.179 e. The van der Waals surface area contributed by atoms with E-state index in [0.717, 1.165) is 48.3 Å².